The minimum Gasteiger partial charge on any atom is -0.333 e. The van der Waals surface area contributed by atoms with Crippen molar-refractivity contribution in [2.45, 2.75) is 30.1 Å². The number of thiazole rings is 1. The van der Waals surface area contributed by atoms with E-state index in [2.05, 4.69) is 26.2 Å². The fourth-order valence-corrected chi connectivity index (χ4v) is 6.27. The number of rotatable bonds is 6. The first kappa shape index (κ1) is 26.2. The van der Waals surface area contributed by atoms with Gasteiger partial charge in [-0.25, -0.2) is 4.98 Å². The van der Waals surface area contributed by atoms with Crippen LogP contribution in [0.1, 0.15) is 32.2 Å². The predicted octanol–water partition coefficient (Wildman–Crippen LogP) is 6.30. The van der Waals surface area contributed by atoms with Crippen LogP contribution >= 0.6 is 23.1 Å². The molecule has 0 N–H and O–H groups in total. The van der Waals surface area contributed by atoms with Crippen molar-refractivity contribution in [1.82, 2.24) is 29.6 Å². The first-order valence-electron chi connectivity index (χ1n) is 12.3. The summed E-state index contributed by atoms with van der Waals surface area (Å²) in [7, 11) is 0. The zero-order valence-corrected chi connectivity index (χ0v) is 22.5. The van der Waals surface area contributed by atoms with E-state index in [1.54, 1.807) is 45.4 Å². The number of fused-ring (bicyclic) bond motifs is 1. The first-order valence-corrected chi connectivity index (χ1v) is 14.2. The Kier molecular flexibility index (Phi) is 7.11. The summed E-state index contributed by atoms with van der Waals surface area (Å²) < 4.78 is 42.0. The van der Waals surface area contributed by atoms with E-state index < -0.39 is 11.7 Å². The van der Waals surface area contributed by atoms with Crippen LogP contribution in [0.2, 0.25) is 0 Å². The second-order valence-corrected chi connectivity index (χ2v) is 11.0. The zero-order chi connectivity index (χ0) is 27.7. The third-order valence-corrected chi connectivity index (χ3v) is 8.47. The number of carbonyl (C=O) groups is 1. The second-order valence-electron chi connectivity index (χ2n) is 9.09. The summed E-state index contributed by atoms with van der Waals surface area (Å²) >= 11 is 2.65. The average Bonchev–Trinajstić information content (AvgIpc) is 3.63. The molecule has 1 aliphatic heterocycles. The van der Waals surface area contributed by atoms with Gasteiger partial charge in [0.1, 0.15) is 10.7 Å². The number of alkyl halides is 3. The maximum atomic E-state index is 13.5. The van der Waals surface area contributed by atoms with E-state index in [-0.39, 0.29) is 11.6 Å². The summed E-state index contributed by atoms with van der Waals surface area (Å²) in [5, 5.41) is 11.4. The van der Waals surface area contributed by atoms with Crippen LogP contribution in [0.25, 0.3) is 17.1 Å². The van der Waals surface area contributed by atoms with Crippen LogP contribution in [0.15, 0.2) is 83.6 Å². The highest BCUT2D eigenvalue weighted by Crippen LogP contribution is 2.34. The van der Waals surface area contributed by atoms with Gasteiger partial charge in [-0.05, 0) is 47.9 Å². The number of aromatic nitrogens is 5. The summed E-state index contributed by atoms with van der Waals surface area (Å²) in [5.41, 5.74) is 2.92. The Labute approximate surface area is 235 Å². The smallest absolute Gasteiger partial charge is 0.333 e. The molecule has 40 heavy (non-hydrogen) atoms. The van der Waals surface area contributed by atoms with Gasteiger partial charge in [0.05, 0.1) is 17.0 Å². The Bertz CT molecular complexity index is 1670. The molecule has 0 bridgehead atoms. The van der Waals surface area contributed by atoms with Crippen molar-refractivity contribution in [1.29, 1.82) is 0 Å². The lowest BCUT2D eigenvalue weighted by molar-refractivity contribution is -0.137. The molecule has 0 atom stereocenters. The van der Waals surface area contributed by atoms with Crippen molar-refractivity contribution < 1.29 is 18.0 Å². The molecule has 1 aliphatic rings. The van der Waals surface area contributed by atoms with E-state index in [1.807, 2.05) is 18.2 Å². The van der Waals surface area contributed by atoms with Crippen molar-refractivity contribution in [2.24, 2.45) is 0 Å². The van der Waals surface area contributed by atoms with Gasteiger partial charge in [0.25, 0.3) is 5.91 Å². The molecule has 0 radical (unpaired) electrons. The fourth-order valence-electron chi connectivity index (χ4n) is 4.53. The van der Waals surface area contributed by atoms with Crippen molar-refractivity contribution in [3.05, 3.63) is 106 Å². The molecule has 202 valence electrons. The van der Waals surface area contributed by atoms with E-state index in [1.165, 1.54) is 34.7 Å². The molecule has 12 heteroatoms. The van der Waals surface area contributed by atoms with Crippen LogP contribution in [0.3, 0.4) is 0 Å². The highest BCUT2D eigenvalue weighted by molar-refractivity contribution is 7.98. The maximum absolute atomic E-state index is 13.5. The van der Waals surface area contributed by atoms with Gasteiger partial charge in [-0.3, -0.25) is 14.3 Å². The molecule has 0 fully saturated rings. The van der Waals surface area contributed by atoms with Gasteiger partial charge >= 0.3 is 6.18 Å². The maximum Gasteiger partial charge on any atom is 0.416 e. The quantitative estimate of drug-likeness (QED) is 0.220. The Morgan fingerprint density at radius 2 is 1.88 bits per heavy atom. The Hall–Kier alpha value is -4.03. The van der Waals surface area contributed by atoms with Crippen LogP contribution < -0.4 is 0 Å². The Morgan fingerprint density at radius 1 is 1.02 bits per heavy atom. The molecular formula is C28H21F3N6OS2. The van der Waals surface area contributed by atoms with Gasteiger partial charge in [0, 0.05) is 36.4 Å². The number of benzene rings is 2. The molecular weight excluding hydrogens is 557 g/mol. The number of carbonyl (C=O) groups excluding carboxylic acids is 1. The number of thioether (sulfide) groups is 1. The number of hydrogen-bond donors (Lipinski definition) is 0. The van der Waals surface area contributed by atoms with Gasteiger partial charge < -0.3 is 4.90 Å². The average molecular weight is 579 g/mol. The number of halogens is 3. The van der Waals surface area contributed by atoms with E-state index >= 15 is 0 Å². The van der Waals surface area contributed by atoms with Crippen molar-refractivity contribution in [2.75, 3.05) is 6.54 Å². The van der Waals surface area contributed by atoms with Crippen molar-refractivity contribution in [3.63, 3.8) is 0 Å². The monoisotopic (exact) mass is 578 g/mol. The lowest BCUT2D eigenvalue weighted by Crippen LogP contribution is -2.36. The normalized spacial score (nSPS) is 13.3. The third kappa shape index (κ3) is 5.36. The lowest BCUT2D eigenvalue weighted by atomic mass is 10.00. The second kappa shape index (κ2) is 10.9. The fraction of sp³-hybridized carbons (Fsp3) is 0.179. The van der Waals surface area contributed by atoms with E-state index in [0.29, 0.717) is 46.1 Å². The largest absolute Gasteiger partial charge is 0.416 e. The van der Waals surface area contributed by atoms with Gasteiger partial charge in [-0.1, -0.05) is 42.1 Å². The summed E-state index contributed by atoms with van der Waals surface area (Å²) in [4.78, 5) is 23.6. The van der Waals surface area contributed by atoms with E-state index in [0.717, 1.165) is 24.1 Å². The summed E-state index contributed by atoms with van der Waals surface area (Å²) in [5.74, 6) is 0.619. The molecule has 0 saturated heterocycles. The standard InChI is InChI=1S/C28H21F3N6OS2/c29-28(30,31)21-8-3-9-22(13-21)37-25(19-7-4-11-32-14-19)34-35-27(37)40-17-24-33-23(16-39-24)26(38)36-12-10-18-5-1-2-6-20(18)15-36/h1-9,11,13-14,16H,10,12,15,17H2. The van der Waals surface area contributed by atoms with Crippen LogP contribution in [0, 0.1) is 0 Å². The number of pyridine rings is 1. The van der Waals surface area contributed by atoms with Gasteiger partial charge in [-0.2, -0.15) is 13.2 Å². The summed E-state index contributed by atoms with van der Waals surface area (Å²) in [6.07, 6.45) is -0.500. The first-order chi connectivity index (χ1) is 19.4. The van der Waals surface area contributed by atoms with Crippen LogP contribution in [0.5, 0.6) is 0 Å². The molecule has 1 amide bonds. The molecule has 4 heterocycles. The highest BCUT2D eigenvalue weighted by Gasteiger charge is 2.31. The summed E-state index contributed by atoms with van der Waals surface area (Å²) in [6, 6.07) is 16.7. The molecule has 5 aromatic rings. The number of nitrogens with zero attached hydrogens (tertiary/aromatic N) is 6. The number of hydrogen-bond acceptors (Lipinski definition) is 7. The van der Waals surface area contributed by atoms with Gasteiger partial charge in [0.15, 0.2) is 11.0 Å². The molecule has 0 aliphatic carbocycles. The Balaban J connectivity index is 1.24. The van der Waals surface area contributed by atoms with E-state index in [9.17, 15) is 18.0 Å². The van der Waals surface area contributed by atoms with E-state index in [4.69, 9.17) is 0 Å². The third-order valence-electron chi connectivity index (χ3n) is 6.50. The lowest BCUT2D eigenvalue weighted by Gasteiger charge is -2.28. The highest BCUT2D eigenvalue weighted by atomic mass is 32.2. The topological polar surface area (TPSA) is 76.8 Å². The number of amides is 1. The molecule has 7 nitrogen and oxygen atoms in total. The SMILES string of the molecule is O=C(c1csc(CSc2nnc(-c3cccnc3)n2-c2cccc(C(F)(F)F)c2)n1)N1CCc2ccccc2C1. The Morgan fingerprint density at radius 3 is 2.67 bits per heavy atom. The minimum atomic E-state index is -4.49. The molecule has 0 saturated carbocycles. The van der Waals surface area contributed by atoms with Crippen LogP contribution in [0.4, 0.5) is 13.2 Å². The van der Waals surface area contributed by atoms with Gasteiger partial charge in [-0.15, -0.1) is 21.5 Å². The molecule has 0 spiro atoms. The summed E-state index contributed by atoms with van der Waals surface area (Å²) in [6.45, 7) is 1.18. The predicted molar refractivity (Wildman–Crippen MR) is 146 cm³/mol. The van der Waals surface area contributed by atoms with Gasteiger partial charge in [0.2, 0.25) is 0 Å². The van der Waals surface area contributed by atoms with Crippen molar-refractivity contribution >= 4 is 29.0 Å². The molecule has 6 rings (SSSR count). The molecule has 2 aromatic carbocycles. The zero-order valence-electron chi connectivity index (χ0n) is 20.9. The minimum absolute atomic E-state index is 0.118. The van der Waals surface area contributed by atoms with Crippen LogP contribution in [-0.4, -0.2) is 42.1 Å². The van der Waals surface area contributed by atoms with Crippen molar-refractivity contribution in [3.8, 4) is 17.1 Å². The molecule has 3 aromatic heterocycles. The van der Waals surface area contributed by atoms with Crippen LogP contribution in [-0.2, 0) is 24.9 Å². The molecule has 0 unspecified atom stereocenters.